The maximum atomic E-state index is 11.9. The van der Waals surface area contributed by atoms with Crippen LogP contribution in [-0.2, 0) is 16.0 Å². The number of pyridine rings is 1. The van der Waals surface area contributed by atoms with Gasteiger partial charge >= 0.3 is 5.97 Å². The van der Waals surface area contributed by atoms with E-state index in [4.69, 9.17) is 4.74 Å². The Labute approximate surface area is 139 Å². The number of hydrogen-bond acceptors (Lipinski definition) is 6. The average Bonchev–Trinajstić information content (AvgIpc) is 2.60. The number of carbonyl (C=O) groups excluding carboxylic acids is 1. The highest BCUT2D eigenvalue weighted by Gasteiger charge is 2.12. The van der Waals surface area contributed by atoms with Crippen LogP contribution >= 0.6 is 0 Å². The average molecular weight is 329 g/mol. The Kier molecular flexibility index (Phi) is 6.24. The summed E-state index contributed by atoms with van der Waals surface area (Å²) in [6, 6.07) is 12.2. The second-order valence-corrected chi connectivity index (χ2v) is 5.25. The summed E-state index contributed by atoms with van der Waals surface area (Å²) in [6.45, 7) is 2.16. The summed E-state index contributed by atoms with van der Waals surface area (Å²) < 4.78 is 5.30. The van der Waals surface area contributed by atoms with Gasteiger partial charge in [0.2, 0.25) is 0 Å². The summed E-state index contributed by atoms with van der Waals surface area (Å²) in [5.41, 5.74) is 0.837. The molecule has 0 aliphatic carbocycles. The molecule has 0 aliphatic rings. The molecule has 0 amide bonds. The highest BCUT2D eigenvalue weighted by atomic mass is 16.6. The number of nitrogens with zero attached hydrogens (tertiary/aromatic N) is 2. The molecule has 1 N–H and O–H groups in total. The Balaban J connectivity index is 1.83. The van der Waals surface area contributed by atoms with Crippen molar-refractivity contribution < 1.29 is 14.5 Å². The number of aromatic nitrogens is 1. The van der Waals surface area contributed by atoms with Crippen LogP contribution in [0.4, 0.5) is 11.5 Å². The van der Waals surface area contributed by atoms with Crippen molar-refractivity contribution in [2.45, 2.75) is 25.8 Å². The van der Waals surface area contributed by atoms with E-state index in [9.17, 15) is 14.9 Å². The molecule has 1 aromatic heterocycles. The minimum Gasteiger partial charge on any atom is -0.463 e. The van der Waals surface area contributed by atoms with Crippen LogP contribution in [0, 0.1) is 10.1 Å². The number of benzene rings is 1. The van der Waals surface area contributed by atoms with Crippen LogP contribution in [0.25, 0.3) is 0 Å². The molecule has 0 radical (unpaired) electrons. The Hall–Kier alpha value is -2.96. The van der Waals surface area contributed by atoms with E-state index >= 15 is 0 Å². The van der Waals surface area contributed by atoms with Crippen LogP contribution in [0.3, 0.4) is 0 Å². The van der Waals surface area contributed by atoms with Gasteiger partial charge in [-0.05, 0) is 18.1 Å². The maximum absolute atomic E-state index is 11.9. The van der Waals surface area contributed by atoms with Crippen molar-refractivity contribution in [3.63, 3.8) is 0 Å². The fourth-order valence-electron chi connectivity index (χ4n) is 2.06. The van der Waals surface area contributed by atoms with Gasteiger partial charge in [-0.2, -0.15) is 0 Å². The highest BCUT2D eigenvalue weighted by molar-refractivity contribution is 5.72. The second-order valence-electron chi connectivity index (χ2n) is 5.25. The van der Waals surface area contributed by atoms with Gasteiger partial charge in [0.05, 0.1) is 17.4 Å². The lowest BCUT2D eigenvalue weighted by Gasteiger charge is -2.17. The van der Waals surface area contributed by atoms with Crippen LogP contribution in [0.15, 0.2) is 48.7 Å². The first-order valence-electron chi connectivity index (χ1n) is 7.65. The zero-order valence-corrected chi connectivity index (χ0v) is 13.3. The normalized spacial score (nSPS) is 11.5. The van der Waals surface area contributed by atoms with Crippen molar-refractivity contribution in [1.82, 2.24) is 4.98 Å². The molecular weight excluding hydrogens is 310 g/mol. The monoisotopic (exact) mass is 329 g/mol. The van der Waals surface area contributed by atoms with Crippen molar-refractivity contribution in [1.29, 1.82) is 0 Å². The van der Waals surface area contributed by atoms with Crippen molar-refractivity contribution in [2.24, 2.45) is 0 Å². The van der Waals surface area contributed by atoms with Crippen molar-refractivity contribution in [3.8, 4) is 0 Å². The molecule has 0 spiro atoms. The van der Waals surface area contributed by atoms with E-state index < -0.39 is 4.92 Å². The number of esters is 1. The predicted octanol–water partition coefficient (Wildman–Crippen LogP) is 2.97. The lowest BCUT2D eigenvalue weighted by Crippen LogP contribution is -2.27. The Morgan fingerprint density at radius 1 is 1.29 bits per heavy atom. The molecule has 1 heterocycles. The van der Waals surface area contributed by atoms with Gasteiger partial charge in [0, 0.05) is 6.07 Å². The largest absolute Gasteiger partial charge is 0.463 e. The van der Waals surface area contributed by atoms with Gasteiger partial charge in [0.25, 0.3) is 5.69 Å². The summed E-state index contributed by atoms with van der Waals surface area (Å²) in [4.78, 5) is 26.0. The number of carbonyl (C=O) groups is 1. The fourth-order valence-corrected chi connectivity index (χ4v) is 2.06. The molecular formula is C17H19N3O4. The second kappa shape index (κ2) is 8.61. The van der Waals surface area contributed by atoms with Crippen LogP contribution in [0.2, 0.25) is 0 Å². The minimum absolute atomic E-state index is 0.0668. The predicted molar refractivity (Wildman–Crippen MR) is 89.7 cm³/mol. The van der Waals surface area contributed by atoms with E-state index in [-0.39, 0.29) is 30.7 Å². The quantitative estimate of drug-likeness (QED) is 0.454. The maximum Gasteiger partial charge on any atom is 0.310 e. The number of rotatable bonds is 8. The molecule has 7 heteroatoms. The molecule has 2 rings (SSSR count). The molecule has 1 unspecified atom stereocenters. The lowest BCUT2D eigenvalue weighted by molar-refractivity contribution is -0.385. The van der Waals surface area contributed by atoms with Gasteiger partial charge < -0.3 is 10.1 Å². The van der Waals surface area contributed by atoms with Gasteiger partial charge in [-0.3, -0.25) is 14.9 Å². The Morgan fingerprint density at radius 3 is 2.62 bits per heavy atom. The zero-order chi connectivity index (χ0) is 17.4. The summed E-state index contributed by atoms with van der Waals surface area (Å²) in [5, 5.41) is 13.7. The first-order chi connectivity index (χ1) is 11.6. The fraction of sp³-hybridized carbons (Fsp3) is 0.294. The number of ether oxygens (including phenoxy) is 1. The molecule has 24 heavy (non-hydrogen) atoms. The van der Waals surface area contributed by atoms with Gasteiger partial charge in [-0.25, -0.2) is 4.98 Å². The Bertz CT molecular complexity index is 674. The molecule has 7 nitrogen and oxygen atoms in total. The molecule has 1 atom stereocenters. The van der Waals surface area contributed by atoms with E-state index in [1.165, 1.54) is 18.3 Å². The third-order valence-electron chi connectivity index (χ3n) is 3.44. The molecule has 0 bridgehead atoms. The first kappa shape index (κ1) is 17.4. The third-order valence-corrected chi connectivity index (χ3v) is 3.44. The van der Waals surface area contributed by atoms with Gasteiger partial charge in [-0.1, -0.05) is 37.3 Å². The van der Waals surface area contributed by atoms with Crippen molar-refractivity contribution in [3.05, 3.63) is 64.3 Å². The van der Waals surface area contributed by atoms with E-state index in [2.05, 4.69) is 10.3 Å². The number of anilines is 1. The smallest absolute Gasteiger partial charge is 0.310 e. The third kappa shape index (κ3) is 5.35. The summed E-state index contributed by atoms with van der Waals surface area (Å²) in [5.74, 6) is 0.213. The van der Waals surface area contributed by atoms with E-state index in [0.717, 1.165) is 12.0 Å². The van der Waals surface area contributed by atoms with Crippen LogP contribution < -0.4 is 5.32 Å². The first-order valence-corrected chi connectivity index (χ1v) is 7.65. The molecule has 1 aromatic carbocycles. The van der Waals surface area contributed by atoms with E-state index in [1.807, 2.05) is 37.3 Å². The SMILES string of the molecule is CCC(COC(=O)Cc1ccccc1)Nc1ccc([N+](=O)[O-])cn1. The lowest BCUT2D eigenvalue weighted by atomic mass is 10.1. The van der Waals surface area contributed by atoms with Gasteiger partial charge in [-0.15, -0.1) is 0 Å². The van der Waals surface area contributed by atoms with Crippen molar-refractivity contribution in [2.75, 3.05) is 11.9 Å². The molecule has 0 fully saturated rings. The molecule has 0 saturated heterocycles. The number of nitro groups is 1. The molecule has 2 aromatic rings. The topological polar surface area (TPSA) is 94.4 Å². The molecule has 0 saturated carbocycles. The number of hydrogen-bond donors (Lipinski definition) is 1. The summed E-state index contributed by atoms with van der Waals surface area (Å²) >= 11 is 0. The highest BCUT2D eigenvalue weighted by Crippen LogP contribution is 2.13. The van der Waals surface area contributed by atoms with Crippen LogP contribution in [-0.4, -0.2) is 28.5 Å². The summed E-state index contributed by atoms with van der Waals surface area (Å²) in [7, 11) is 0. The Morgan fingerprint density at radius 2 is 2.04 bits per heavy atom. The summed E-state index contributed by atoms with van der Waals surface area (Å²) in [6.07, 6.45) is 2.14. The number of nitrogens with one attached hydrogen (secondary N) is 1. The molecule has 0 aliphatic heterocycles. The standard InChI is InChI=1S/C17H19N3O4/c1-2-14(19-16-9-8-15(11-18-16)20(22)23)12-24-17(21)10-13-6-4-3-5-7-13/h3-9,11,14H,2,10,12H2,1H3,(H,18,19). The van der Waals surface area contributed by atoms with E-state index in [1.54, 1.807) is 0 Å². The van der Waals surface area contributed by atoms with Gasteiger partial charge in [0.1, 0.15) is 18.6 Å². The zero-order valence-electron chi connectivity index (χ0n) is 13.3. The minimum atomic E-state index is -0.501. The van der Waals surface area contributed by atoms with Crippen LogP contribution in [0.5, 0.6) is 0 Å². The van der Waals surface area contributed by atoms with E-state index in [0.29, 0.717) is 5.82 Å². The van der Waals surface area contributed by atoms with Gasteiger partial charge in [0.15, 0.2) is 0 Å². The van der Waals surface area contributed by atoms with Crippen LogP contribution in [0.1, 0.15) is 18.9 Å². The molecule has 126 valence electrons. The van der Waals surface area contributed by atoms with Crippen molar-refractivity contribution >= 4 is 17.5 Å².